The van der Waals surface area contributed by atoms with Gasteiger partial charge < -0.3 is 24.9 Å². The van der Waals surface area contributed by atoms with E-state index in [-0.39, 0.29) is 16.3 Å². The van der Waals surface area contributed by atoms with Gasteiger partial charge in [-0.3, -0.25) is 9.56 Å². The summed E-state index contributed by atoms with van der Waals surface area (Å²) in [4.78, 5) is 26.7. The number of carbonyl (C=O) groups is 2. The summed E-state index contributed by atoms with van der Waals surface area (Å²) in [5, 5.41) is 32.5. The highest BCUT2D eigenvalue weighted by Gasteiger charge is 2.21. The lowest BCUT2D eigenvalue weighted by Crippen LogP contribution is -2.34. The molecule has 0 radical (unpaired) electrons. The Hall–Kier alpha value is -2.78. The summed E-state index contributed by atoms with van der Waals surface area (Å²) < 4.78 is 1.10. The van der Waals surface area contributed by atoms with Crippen molar-refractivity contribution < 1.29 is 24.9 Å². The van der Waals surface area contributed by atoms with Gasteiger partial charge >= 0.3 is 0 Å². The van der Waals surface area contributed by atoms with Crippen LogP contribution in [0.3, 0.4) is 0 Å². The molecule has 26 heavy (non-hydrogen) atoms. The molecule has 1 N–H and O–H groups in total. The molecule has 7 nitrogen and oxygen atoms in total. The first-order valence-electron chi connectivity index (χ1n) is 7.58. The maximum absolute atomic E-state index is 11.4. The Balaban J connectivity index is 2.00. The first-order valence-corrected chi connectivity index (χ1v) is 8.81. The van der Waals surface area contributed by atoms with Gasteiger partial charge in [-0.2, -0.15) is 0 Å². The number of carbonyl (C=O) groups excluding carboxylic acids is 2. The second kappa shape index (κ2) is 7.22. The smallest absolute Gasteiger partial charge is 0.211 e. The molecular weight excluding hydrogens is 376 g/mol. The van der Waals surface area contributed by atoms with Crippen molar-refractivity contribution in [2.45, 2.75) is 18.9 Å². The van der Waals surface area contributed by atoms with Crippen LogP contribution in [0.1, 0.15) is 29.3 Å². The lowest BCUT2D eigenvalue weighted by Gasteiger charge is -2.20. The van der Waals surface area contributed by atoms with Crippen LogP contribution in [0, 0.1) is 3.95 Å². The first kappa shape index (κ1) is 18.0. The van der Waals surface area contributed by atoms with E-state index in [4.69, 9.17) is 12.2 Å². The fourth-order valence-electron chi connectivity index (χ4n) is 2.67. The summed E-state index contributed by atoms with van der Waals surface area (Å²) in [7, 11) is 0. The second-order valence-electron chi connectivity index (χ2n) is 5.55. The average Bonchev–Trinajstić information content (AvgIpc) is 3.11. The van der Waals surface area contributed by atoms with Gasteiger partial charge in [-0.05, 0) is 37.2 Å². The van der Waals surface area contributed by atoms with Crippen molar-refractivity contribution in [3.8, 4) is 5.88 Å². The highest BCUT2D eigenvalue weighted by Crippen LogP contribution is 2.37. The Kier molecular flexibility index (Phi) is 5.01. The standard InChI is InChI=1S/C17H14N2O5S2/c20-14(21)6-5-12(16(23)24)19-15(22)13(26-17(19)25)7-9-8-18-11-4-2-1-3-10(9)11/h1-4,7-8,12,22H,5-6H2,(H,20,21)(H,23,24)/p-2/b9-7+/t12-/m0/s1. The number of carboxylic acid groups (broad SMARTS) is 2. The molecule has 0 saturated heterocycles. The molecule has 0 spiro atoms. The minimum Gasteiger partial charge on any atom is -0.550 e. The molecule has 3 rings (SSSR count). The molecule has 0 amide bonds. The van der Waals surface area contributed by atoms with Gasteiger partial charge in [-0.15, -0.1) is 11.3 Å². The van der Waals surface area contributed by atoms with E-state index in [0.29, 0.717) is 4.88 Å². The van der Waals surface area contributed by atoms with Crippen LogP contribution in [0.2, 0.25) is 0 Å². The van der Waals surface area contributed by atoms with Crippen molar-refractivity contribution in [2.24, 2.45) is 4.99 Å². The van der Waals surface area contributed by atoms with Gasteiger partial charge in [0.1, 0.15) is 0 Å². The zero-order chi connectivity index (χ0) is 18.8. The molecule has 1 aromatic heterocycles. The first-order chi connectivity index (χ1) is 12.4. The van der Waals surface area contributed by atoms with Crippen LogP contribution < -0.4 is 10.2 Å². The predicted octanol–water partition coefficient (Wildman–Crippen LogP) is 1.06. The summed E-state index contributed by atoms with van der Waals surface area (Å²) in [6.45, 7) is 0. The summed E-state index contributed by atoms with van der Waals surface area (Å²) in [5.41, 5.74) is 2.42. The number of para-hydroxylation sites is 1. The van der Waals surface area contributed by atoms with Gasteiger partial charge in [-0.1, -0.05) is 18.2 Å². The van der Waals surface area contributed by atoms with Crippen molar-refractivity contribution in [3.05, 3.63) is 38.7 Å². The van der Waals surface area contributed by atoms with Crippen LogP contribution in [0.5, 0.6) is 5.88 Å². The molecule has 0 unspecified atom stereocenters. The summed E-state index contributed by atoms with van der Waals surface area (Å²) >= 11 is 6.18. The van der Waals surface area contributed by atoms with Crippen molar-refractivity contribution in [1.29, 1.82) is 0 Å². The number of nitrogens with zero attached hydrogens (tertiary/aromatic N) is 2. The number of aromatic hydroxyl groups is 1. The molecule has 9 heteroatoms. The fourth-order valence-corrected chi connectivity index (χ4v) is 4.02. The van der Waals surface area contributed by atoms with Gasteiger partial charge in [0.25, 0.3) is 0 Å². The summed E-state index contributed by atoms with van der Waals surface area (Å²) in [5.74, 6) is -3.26. The molecule has 0 aliphatic carbocycles. The number of aliphatic imine (C=N–C) groups is 1. The van der Waals surface area contributed by atoms with Gasteiger partial charge in [0.15, 0.2) is 3.95 Å². The number of hydrogen-bond acceptors (Lipinski definition) is 8. The average molecular weight is 388 g/mol. The summed E-state index contributed by atoms with van der Waals surface area (Å²) in [6, 6.07) is 6.06. The normalized spacial score (nSPS) is 15.2. The number of aliphatic carboxylic acids is 2. The van der Waals surface area contributed by atoms with Crippen molar-refractivity contribution in [3.63, 3.8) is 0 Å². The predicted molar refractivity (Wildman–Crippen MR) is 95.6 cm³/mol. The van der Waals surface area contributed by atoms with E-state index in [0.717, 1.165) is 32.7 Å². The van der Waals surface area contributed by atoms with Crippen molar-refractivity contribution in [1.82, 2.24) is 4.57 Å². The third-order valence-corrected chi connectivity index (χ3v) is 5.23. The fraction of sp³-hybridized carbons (Fsp3) is 0.176. The maximum atomic E-state index is 11.4. The largest absolute Gasteiger partial charge is 0.550 e. The Labute approximate surface area is 157 Å². The summed E-state index contributed by atoms with van der Waals surface area (Å²) in [6.07, 6.45) is 2.51. The molecule has 2 aromatic rings. The number of carboxylic acids is 2. The van der Waals surface area contributed by atoms with Gasteiger partial charge in [-0.25, -0.2) is 0 Å². The number of benzene rings is 1. The SMILES string of the molecule is O=C([O-])CC[C@@H](C(=O)[O-])n1c(O)c(/C=C2\C=Nc3ccccc32)sc1=S. The highest BCUT2D eigenvalue weighted by molar-refractivity contribution is 7.73. The molecular formula is C17H12N2O5S2-2. The van der Waals surface area contributed by atoms with Crippen LogP contribution in [0.15, 0.2) is 29.3 Å². The molecule has 1 atom stereocenters. The van der Waals surface area contributed by atoms with E-state index in [1.54, 1.807) is 12.3 Å². The molecule has 0 bridgehead atoms. The van der Waals surface area contributed by atoms with Crippen LogP contribution >= 0.6 is 23.6 Å². The maximum Gasteiger partial charge on any atom is 0.211 e. The Bertz CT molecular complexity index is 1000. The van der Waals surface area contributed by atoms with Crippen molar-refractivity contribution in [2.75, 3.05) is 0 Å². The lowest BCUT2D eigenvalue weighted by molar-refractivity contribution is -0.312. The number of hydrogen-bond donors (Lipinski definition) is 1. The van der Waals surface area contributed by atoms with Crippen LogP contribution in [0.25, 0.3) is 11.6 Å². The van der Waals surface area contributed by atoms with E-state index in [2.05, 4.69) is 4.99 Å². The number of fused-ring (bicyclic) bond motifs is 1. The van der Waals surface area contributed by atoms with Crippen LogP contribution in [-0.4, -0.2) is 27.8 Å². The third kappa shape index (κ3) is 3.44. The molecule has 0 saturated carbocycles. The molecule has 1 aromatic carbocycles. The molecule has 134 valence electrons. The quantitative estimate of drug-likeness (QED) is 0.740. The number of thiazole rings is 1. The highest BCUT2D eigenvalue weighted by atomic mass is 32.1. The van der Waals surface area contributed by atoms with Crippen LogP contribution in [0.4, 0.5) is 5.69 Å². The molecule has 0 fully saturated rings. The number of allylic oxidation sites excluding steroid dienone is 1. The third-order valence-electron chi connectivity index (χ3n) is 3.89. The van der Waals surface area contributed by atoms with E-state index < -0.39 is 24.4 Å². The molecule has 2 heterocycles. The topological polar surface area (TPSA) is 118 Å². The van der Waals surface area contributed by atoms with Crippen LogP contribution in [-0.2, 0) is 9.59 Å². The Morgan fingerprint density at radius 1 is 1.35 bits per heavy atom. The zero-order valence-corrected chi connectivity index (χ0v) is 14.9. The van der Waals surface area contributed by atoms with E-state index in [1.165, 1.54) is 0 Å². The lowest BCUT2D eigenvalue weighted by atomic mass is 10.1. The monoisotopic (exact) mass is 388 g/mol. The van der Waals surface area contributed by atoms with Crippen molar-refractivity contribution >= 4 is 59.0 Å². The molecule has 1 aliphatic rings. The second-order valence-corrected chi connectivity index (χ2v) is 7.22. The Morgan fingerprint density at radius 3 is 2.77 bits per heavy atom. The van der Waals surface area contributed by atoms with E-state index in [1.807, 2.05) is 24.3 Å². The zero-order valence-electron chi connectivity index (χ0n) is 13.2. The van der Waals surface area contributed by atoms with Gasteiger partial charge in [0.2, 0.25) is 5.88 Å². The van der Waals surface area contributed by atoms with Gasteiger partial charge in [0.05, 0.1) is 22.6 Å². The van der Waals surface area contributed by atoms with Gasteiger partial charge in [0, 0.05) is 23.3 Å². The minimum absolute atomic E-state index is 0.102. The van der Waals surface area contributed by atoms with E-state index >= 15 is 0 Å². The Morgan fingerprint density at radius 2 is 2.08 bits per heavy atom. The molecule has 1 aliphatic heterocycles. The van der Waals surface area contributed by atoms with E-state index in [9.17, 15) is 24.9 Å². The number of rotatable bonds is 6. The number of aromatic nitrogens is 1. The minimum atomic E-state index is -1.53.